The molecule has 14 heavy (non-hydrogen) atoms. The van der Waals surface area contributed by atoms with Crippen LogP contribution in [0, 0.1) is 0 Å². The molecule has 0 unspecified atom stereocenters. The largest absolute Gasteiger partial charge is 0.491 e. The van der Waals surface area contributed by atoms with Gasteiger partial charge in [-0.15, -0.1) is 0 Å². The summed E-state index contributed by atoms with van der Waals surface area (Å²) in [5.41, 5.74) is 0.901. The molecule has 2 nitrogen and oxygen atoms in total. The Morgan fingerprint density at radius 1 is 1.29 bits per heavy atom. The lowest BCUT2D eigenvalue weighted by atomic mass is 10.1. The van der Waals surface area contributed by atoms with E-state index >= 15 is 0 Å². The van der Waals surface area contributed by atoms with Gasteiger partial charge < -0.3 is 9.84 Å². The molecule has 0 spiro atoms. The van der Waals surface area contributed by atoms with Crippen molar-refractivity contribution >= 4 is 15.9 Å². The first kappa shape index (κ1) is 11.5. The molecule has 1 atom stereocenters. The van der Waals surface area contributed by atoms with Crippen LogP contribution in [-0.4, -0.2) is 16.5 Å². The summed E-state index contributed by atoms with van der Waals surface area (Å²) in [6, 6.07) is 7.51. The average Bonchev–Trinajstić information content (AvgIpc) is 2.17. The summed E-state index contributed by atoms with van der Waals surface area (Å²) in [5.74, 6) is 0.838. The van der Waals surface area contributed by atoms with Crippen molar-refractivity contribution in [3.8, 4) is 5.75 Å². The van der Waals surface area contributed by atoms with E-state index in [2.05, 4.69) is 15.9 Å². The molecule has 1 rings (SSSR count). The molecule has 78 valence electrons. The van der Waals surface area contributed by atoms with Crippen molar-refractivity contribution in [3.63, 3.8) is 0 Å². The van der Waals surface area contributed by atoms with Gasteiger partial charge in [0, 0.05) is 5.33 Å². The average molecular weight is 259 g/mol. The molecule has 0 amide bonds. The van der Waals surface area contributed by atoms with Crippen LogP contribution >= 0.6 is 15.9 Å². The van der Waals surface area contributed by atoms with E-state index in [-0.39, 0.29) is 6.10 Å². The number of ether oxygens (including phenoxy) is 1. The second-order valence-electron chi connectivity index (χ2n) is 3.41. The molecule has 0 saturated heterocycles. The lowest BCUT2D eigenvalue weighted by molar-refractivity contribution is 0.205. The molecule has 0 radical (unpaired) electrons. The van der Waals surface area contributed by atoms with E-state index in [9.17, 15) is 5.11 Å². The van der Waals surface area contributed by atoms with Gasteiger partial charge in [0.15, 0.2) is 0 Å². The fourth-order valence-electron chi connectivity index (χ4n) is 1.13. The van der Waals surface area contributed by atoms with E-state index in [4.69, 9.17) is 4.74 Å². The van der Waals surface area contributed by atoms with Gasteiger partial charge in [-0.2, -0.15) is 0 Å². The van der Waals surface area contributed by atoms with Crippen LogP contribution in [0.5, 0.6) is 5.75 Å². The summed E-state index contributed by atoms with van der Waals surface area (Å²) < 4.78 is 5.49. The number of aliphatic hydroxyl groups excluding tert-OH is 1. The van der Waals surface area contributed by atoms with Gasteiger partial charge in [-0.1, -0.05) is 28.1 Å². The zero-order valence-electron chi connectivity index (χ0n) is 8.40. The third-order valence-electron chi connectivity index (χ3n) is 1.78. The van der Waals surface area contributed by atoms with Crippen molar-refractivity contribution in [2.75, 3.05) is 5.33 Å². The van der Waals surface area contributed by atoms with E-state index in [0.717, 1.165) is 11.3 Å². The van der Waals surface area contributed by atoms with Gasteiger partial charge in [-0.25, -0.2) is 0 Å². The molecule has 0 bridgehead atoms. The van der Waals surface area contributed by atoms with Gasteiger partial charge in [-0.05, 0) is 31.5 Å². The van der Waals surface area contributed by atoms with Crippen molar-refractivity contribution in [1.82, 2.24) is 0 Å². The number of halogens is 1. The summed E-state index contributed by atoms with van der Waals surface area (Å²) in [6.07, 6.45) is -0.259. The minimum Gasteiger partial charge on any atom is -0.491 e. The Bertz CT molecular complexity index is 269. The maximum Gasteiger partial charge on any atom is 0.119 e. The van der Waals surface area contributed by atoms with Crippen LogP contribution in [0.15, 0.2) is 24.3 Å². The second-order valence-corrected chi connectivity index (χ2v) is 4.05. The number of alkyl halides is 1. The first-order valence-electron chi connectivity index (χ1n) is 4.64. The predicted octanol–water partition coefficient (Wildman–Crippen LogP) is 2.90. The van der Waals surface area contributed by atoms with Gasteiger partial charge in [0.25, 0.3) is 0 Å². The SMILES string of the molecule is CC(C)Oc1ccc([C@@H](O)CBr)cc1. The quantitative estimate of drug-likeness (QED) is 0.842. The first-order valence-corrected chi connectivity index (χ1v) is 5.76. The van der Waals surface area contributed by atoms with E-state index in [1.54, 1.807) is 0 Å². The number of benzene rings is 1. The number of hydrogen-bond acceptors (Lipinski definition) is 2. The van der Waals surface area contributed by atoms with Crippen molar-refractivity contribution in [2.24, 2.45) is 0 Å². The summed E-state index contributed by atoms with van der Waals surface area (Å²) in [7, 11) is 0. The predicted molar refractivity (Wildman–Crippen MR) is 61.0 cm³/mol. The monoisotopic (exact) mass is 258 g/mol. The maximum atomic E-state index is 9.51. The van der Waals surface area contributed by atoms with Gasteiger partial charge in [-0.3, -0.25) is 0 Å². The summed E-state index contributed by atoms with van der Waals surface area (Å²) >= 11 is 3.23. The van der Waals surface area contributed by atoms with Crippen LogP contribution in [0.2, 0.25) is 0 Å². The Morgan fingerprint density at radius 2 is 1.86 bits per heavy atom. The molecule has 0 aliphatic rings. The molecule has 1 aromatic carbocycles. The summed E-state index contributed by atoms with van der Waals surface area (Å²) in [5, 5.41) is 10.1. The third kappa shape index (κ3) is 3.31. The van der Waals surface area contributed by atoms with Crippen LogP contribution in [0.25, 0.3) is 0 Å². The Labute approximate surface area is 93.0 Å². The van der Waals surface area contributed by atoms with Crippen LogP contribution in [0.4, 0.5) is 0 Å². The zero-order chi connectivity index (χ0) is 10.6. The molecule has 0 aliphatic carbocycles. The molecule has 0 heterocycles. The smallest absolute Gasteiger partial charge is 0.119 e. The van der Waals surface area contributed by atoms with Crippen LogP contribution < -0.4 is 4.74 Å². The highest BCUT2D eigenvalue weighted by Gasteiger charge is 2.05. The van der Waals surface area contributed by atoms with Crippen LogP contribution in [0.1, 0.15) is 25.5 Å². The summed E-state index contributed by atoms with van der Waals surface area (Å²) in [6.45, 7) is 3.97. The van der Waals surface area contributed by atoms with E-state index < -0.39 is 6.10 Å². The van der Waals surface area contributed by atoms with Gasteiger partial charge in [0.05, 0.1) is 12.2 Å². The highest BCUT2D eigenvalue weighted by atomic mass is 79.9. The van der Waals surface area contributed by atoms with Crippen LogP contribution in [0.3, 0.4) is 0 Å². The Kier molecular flexibility index (Phi) is 4.42. The standard InChI is InChI=1S/C11H15BrO2/c1-8(2)14-10-5-3-9(4-6-10)11(13)7-12/h3-6,8,11,13H,7H2,1-2H3/t11-/m0/s1. The van der Waals surface area contributed by atoms with Gasteiger partial charge >= 0.3 is 0 Å². The number of aliphatic hydroxyl groups is 1. The lowest BCUT2D eigenvalue weighted by Crippen LogP contribution is -2.05. The fourth-order valence-corrected chi connectivity index (χ4v) is 1.50. The highest BCUT2D eigenvalue weighted by molar-refractivity contribution is 9.09. The number of hydrogen-bond donors (Lipinski definition) is 1. The molecular weight excluding hydrogens is 244 g/mol. The molecule has 0 aromatic heterocycles. The van der Waals surface area contributed by atoms with E-state index in [1.807, 2.05) is 38.1 Å². The molecule has 3 heteroatoms. The minimum absolute atomic E-state index is 0.182. The van der Waals surface area contributed by atoms with Crippen molar-refractivity contribution < 1.29 is 9.84 Å². The molecule has 0 aliphatic heterocycles. The molecule has 0 fully saturated rings. The Morgan fingerprint density at radius 3 is 2.29 bits per heavy atom. The van der Waals surface area contributed by atoms with E-state index in [0.29, 0.717) is 5.33 Å². The Balaban J connectivity index is 2.68. The first-order chi connectivity index (χ1) is 6.63. The maximum absolute atomic E-state index is 9.51. The Hall–Kier alpha value is -0.540. The topological polar surface area (TPSA) is 29.5 Å². The molecular formula is C11H15BrO2. The minimum atomic E-state index is -0.442. The number of rotatable bonds is 4. The van der Waals surface area contributed by atoms with Crippen LogP contribution in [-0.2, 0) is 0 Å². The van der Waals surface area contributed by atoms with Crippen molar-refractivity contribution in [3.05, 3.63) is 29.8 Å². The zero-order valence-corrected chi connectivity index (χ0v) is 9.99. The van der Waals surface area contributed by atoms with Crippen molar-refractivity contribution in [2.45, 2.75) is 26.1 Å². The third-order valence-corrected chi connectivity index (χ3v) is 2.40. The van der Waals surface area contributed by atoms with E-state index in [1.165, 1.54) is 0 Å². The normalized spacial score (nSPS) is 12.9. The van der Waals surface area contributed by atoms with Gasteiger partial charge in [0.2, 0.25) is 0 Å². The van der Waals surface area contributed by atoms with Crippen molar-refractivity contribution in [1.29, 1.82) is 0 Å². The second kappa shape index (κ2) is 5.37. The molecule has 1 N–H and O–H groups in total. The summed E-state index contributed by atoms with van der Waals surface area (Å²) in [4.78, 5) is 0. The molecule has 1 aromatic rings. The van der Waals surface area contributed by atoms with Gasteiger partial charge in [0.1, 0.15) is 5.75 Å². The molecule has 0 saturated carbocycles. The fraction of sp³-hybridized carbons (Fsp3) is 0.455. The highest BCUT2D eigenvalue weighted by Crippen LogP contribution is 2.19. The lowest BCUT2D eigenvalue weighted by Gasteiger charge is -2.11.